The van der Waals surface area contributed by atoms with Crippen molar-refractivity contribution in [1.82, 2.24) is 14.7 Å². The van der Waals surface area contributed by atoms with Crippen molar-refractivity contribution in [2.45, 2.75) is 13.0 Å². The summed E-state index contributed by atoms with van der Waals surface area (Å²) in [5.41, 5.74) is 2.92. The largest absolute Gasteiger partial charge is 0.332 e. The van der Waals surface area contributed by atoms with Gasteiger partial charge in [0, 0.05) is 25.4 Å². The Morgan fingerprint density at radius 3 is 2.89 bits per heavy atom. The lowest BCUT2D eigenvalue weighted by molar-refractivity contribution is 0.0724. The maximum atomic E-state index is 12.3. The van der Waals surface area contributed by atoms with Gasteiger partial charge in [-0.3, -0.25) is 9.48 Å². The maximum Gasteiger partial charge on any atom is 0.254 e. The van der Waals surface area contributed by atoms with E-state index in [1.54, 1.807) is 4.68 Å². The quantitative estimate of drug-likeness (QED) is 0.801. The molecule has 4 nitrogen and oxygen atoms in total. The van der Waals surface area contributed by atoms with Crippen LogP contribution in [0.15, 0.2) is 36.5 Å². The van der Waals surface area contributed by atoms with Crippen LogP contribution in [0, 0.1) is 0 Å². The number of fused-ring (bicyclic) bond motifs is 1. The van der Waals surface area contributed by atoms with Gasteiger partial charge in [0.15, 0.2) is 0 Å². The lowest BCUT2D eigenvalue weighted by Gasteiger charge is -2.27. The first kappa shape index (κ1) is 11.0. The highest BCUT2D eigenvalue weighted by atomic mass is 16.2. The van der Waals surface area contributed by atoms with Crippen molar-refractivity contribution < 1.29 is 4.79 Å². The number of hydrogen-bond donors (Lipinski definition) is 0. The van der Waals surface area contributed by atoms with Crippen LogP contribution in [-0.4, -0.2) is 27.1 Å². The summed E-state index contributed by atoms with van der Waals surface area (Å²) in [6, 6.07) is 9.79. The lowest BCUT2D eigenvalue weighted by Crippen LogP contribution is -2.37. The summed E-state index contributed by atoms with van der Waals surface area (Å²) in [6.07, 6.45) is 2.83. The molecule has 3 rings (SSSR count). The summed E-state index contributed by atoms with van der Waals surface area (Å²) < 4.78 is 1.76. The molecular weight excluding hydrogens is 226 g/mol. The second-order valence-corrected chi connectivity index (χ2v) is 4.61. The Morgan fingerprint density at radius 2 is 2.11 bits per heavy atom. The fourth-order valence-electron chi connectivity index (χ4n) is 2.37. The Morgan fingerprint density at radius 1 is 1.28 bits per heavy atom. The van der Waals surface area contributed by atoms with Gasteiger partial charge in [0.05, 0.1) is 12.2 Å². The molecule has 18 heavy (non-hydrogen) atoms. The van der Waals surface area contributed by atoms with Gasteiger partial charge in [-0.05, 0) is 24.1 Å². The van der Waals surface area contributed by atoms with Crippen LogP contribution in [0.5, 0.6) is 0 Å². The minimum atomic E-state index is 0.113. The third kappa shape index (κ3) is 1.90. The SMILES string of the molecule is Cn1ccc(CN2CCc3ccccc3C2=O)n1. The third-order valence-corrected chi connectivity index (χ3v) is 3.31. The molecule has 0 fully saturated rings. The predicted molar refractivity (Wildman–Crippen MR) is 68.1 cm³/mol. The minimum absolute atomic E-state index is 0.113. The highest BCUT2D eigenvalue weighted by Gasteiger charge is 2.24. The van der Waals surface area contributed by atoms with E-state index in [4.69, 9.17) is 0 Å². The summed E-state index contributed by atoms with van der Waals surface area (Å²) in [7, 11) is 1.89. The molecule has 0 spiro atoms. The summed E-state index contributed by atoms with van der Waals surface area (Å²) >= 11 is 0. The fourth-order valence-corrected chi connectivity index (χ4v) is 2.37. The number of carbonyl (C=O) groups is 1. The Bertz CT molecular complexity index is 588. The van der Waals surface area contributed by atoms with Crippen LogP contribution in [0.4, 0.5) is 0 Å². The standard InChI is InChI=1S/C14H15N3O/c1-16-8-7-12(15-16)10-17-9-6-11-4-2-3-5-13(11)14(17)18/h2-5,7-8H,6,9-10H2,1H3. The van der Waals surface area contributed by atoms with Crippen molar-refractivity contribution in [2.24, 2.45) is 7.05 Å². The van der Waals surface area contributed by atoms with Crippen LogP contribution >= 0.6 is 0 Å². The number of carbonyl (C=O) groups excluding carboxylic acids is 1. The molecule has 0 bridgehead atoms. The Hall–Kier alpha value is -2.10. The number of amides is 1. The van der Waals surface area contributed by atoms with Crippen molar-refractivity contribution >= 4 is 5.91 Å². The van der Waals surface area contributed by atoms with Gasteiger partial charge in [-0.15, -0.1) is 0 Å². The third-order valence-electron chi connectivity index (χ3n) is 3.31. The molecule has 0 unspecified atom stereocenters. The molecule has 0 radical (unpaired) electrons. The van der Waals surface area contributed by atoms with Crippen molar-refractivity contribution in [3.05, 3.63) is 53.3 Å². The molecule has 0 atom stereocenters. The number of aryl methyl sites for hydroxylation is 1. The van der Waals surface area contributed by atoms with Gasteiger partial charge in [-0.2, -0.15) is 5.10 Å². The lowest BCUT2D eigenvalue weighted by atomic mass is 9.99. The van der Waals surface area contributed by atoms with E-state index in [-0.39, 0.29) is 5.91 Å². The van der Waals surface area contributed by atoms with Crippen LogP contribution < -0.4 is 0 Å². The van der Waals surface area contributed by atoms with E-state index in [0.29, 0.717) is 6.54 Å². The van der Waals surface area contributed by atoms with E-state index in [2.05, 4.69) is 5.10 Å². The molecule has 0 N–H and O–H groups in total. The van der Waals surface area contributed by atoms with E-state index in [0.717, 1.165) is 29.8 Å². The monoisotopic (exact) mass is 241 g/mol. The normalized spacial score (nSPS) is 14.7. The van der Waals surface area contributed by atoms with E-state index < -0.39 is 0 Å². The van der Waals surface area contributed by atoms with Crippen LogP contribution in [0.3, 0.4) is 0 Å². The average Bonchev–Trinajstić information content (AvgIpc) is 2.79. The topological polar surface area (TPSA) is 38.1 Å². The summed E-state index contributed by atoms with van der Waals surface area (Å²) in [5.74, 6) is 0.113. The first-order valence-electron chi connectivity index (χ1n) is 6.10. The molecule has 2 aromatic rings. The Balaban J connectivity index is 1.82. The Kier molecular flexibility index (Phi) is 2.63. The van der Waals surface area contributed by atoms with Crippen molar-refractivity contribution in [2.75, 3.05) is 6.54 Å². The zero-order valence-corrected chi connectivity index (χ0v) is 10.3. The van der Waals surface area contributed by atoms with Gasteiger partial charge < -0.3 is 4.90 Å². The first-order chi connectivity index (χ1) is 8.74. The van der Waals surface area contributed by atoms with E-state index in [9.17, 15) is 4.79 Å². The number of benzene rings is 1. The molecule has 0 saturated heterocycles. The summed E-state index contributed by atoms with van der Waals surface area (Å²) in [5, 5.41) is 4.32. The summed E-state index contributed by atoms with van der Waals surface area (Å²) in [6.45, 7) is 1.36. The van der Waals surface area contributed by atoms with Gasteiger partial charge >= 0.3 is 0 Å². The van der Waals surface area contributed by atoms with Gasteiger partial charge in [0.1, 0.15) is 0 Å². The highest BCUT2D eigenvalue weighted by molar-refractivity contribution is 5.96. The molecule has 1 aliphatic rings. The van der Waals surface area contributed by atoms with Gasteiger partial charge in [0.25, 0.3) is 5.91 Å². The molecule has 4 heteroatoms. The highest BCUT2D eigenvalue weighted by Crippen LogP contribution is 2.19. The average molecular weight is 241 g/mol. The fraction of sp³-hybridized carbons (Fsp3) is 0.286. The second-order valence-electron chi connectivity index (χ2n) is 4.61. The minimum Gasteiger partial charge on any atom is -0.332 e. The van der Waals surface area contributed by atoms with Gasteiger partial charge in [-0.25, -0.2) is 0 Å². The van der Waals surface area contributed by atoms with Crippen molar-refractivity contribution in [1.29, 1.82) is 0 Å². The summed E-state index contributed by atoms with van der Waals surface area (Å²) in [4.78, 5) is 14.2. The van der Waals surface area contributed by atoms with Crippen molar-refractivity contribution in [3.63, 3.8) is 0 Å². The maximum absolute atomic E-state index is 12.3. The van der Waals surface area contributed by atoms with Crippen LogP contribution in [0.2, 0.25) is 0 Å². The molecule has 1 amide bonds. The van der Waals surface area contributed by atoms with Crippen LogP contribution in [0.25, 0.3) is 0 Å². The second kappa shape index (κ2) is 4.29. The first-order valence-corrected chi connectivity index (χ1v) is 6.10. The molecule has 1 aromatic carbocycles. The van der Waals surface area contributed by atoms with E-state index >= 15 is 0 Å². The number of hydrogen-bond acceptors (Lipinski definition) is 2. The van der Waals surface area contributed by atoms with Crippen LogP contribution in [0.1, 0.15) is 21.6 Å². The zero-order chi connectivity index (χ0) is 12.5. The zero-order valence-electron chi connectivity index (χ0n) is 10.3. The molecule has 1 aliphatic heterocycles. The van der Waals surface area contributed by atoms with Crippen LogP contribution in [-0.2, 0) is 20.0 Å². The van der Waals surface area contributed by atoms with Crippen molar-refractivity contribution in [3.8, 4) is 0 Å². The number of nitrogens with zero attached hydrogens (tertiary/aromatic N) is 3. The van der Waals surface area contributed by atoms with E-state index in [1.807, 2.05) is 48.5 Å². The molecule has 0 saturated carbocycles. The molecule has 2 heterocycles. The predicted octanol–water partition coefficient (Wildman–Crippen LogP) is 1.62. The number of aromatic nitrogens is 2. The van der Waals surface area contributed by atoms with E-state index in [1.165, 1.54) is 0 Å². The Labute approximate surface area is 106 Å². The molecular formula is C14H15N3O. The smallest absolute Gasteiger partial charge is 0.254 e. The molecule has 1 aromatic heterocycles. The van der Waals surface area contributed by atoms with Gasteiger partial charge in [0.2, 0.25) is 0 Å². The van der Waals surface area contributed by atoms with Gasteiger partial charge in [-0.1, -0.05) is 18.2 Å². The molecule has 0 aliphatic carbocycles. The molecule has 92 valence electrons. The number of rotatable bonds is 2.